The third-order valence-corrected chi connectivity index (χ3v) is 4.39. The van der Waals surface area contributed by atoms with E-state index in [1.165, 1.54) is 11.9 Å². The topological polar surface area (TPSA) is 87.2 Å². The summed E-state index contributed by atoms with van der Waals surface area (Å²) >= 11 is 0. The van der Waals surface area contributed by atoms with E-state index in [2.05, 4.69) is 0 Å². The quantitative estimate of drug-likeness (QED) is 0.846. The van der Waals surface area contributed by atoms with Crippen molar-refractivity contribution < 1.29 is 33.0 Å². The van der Waals surface area contributed by atoms with Gasteiger partial charge in [-0.1, -0.05) is 0 Å². The van der Waals surface area contributed by atoms with Crippen LogP contribution in [-0.2, 0) is 9.59 Å². The molecule has 0 spiro atoms. The molecule has 1 aliphatic heterocycles. The van der Waals surface area contributed by atoms with E-state index in [4.69, 9.17) is 9.84 Å². The number of carboxylic acid groups (broad SMARTS) is 1. The fourth-order valence-corrected chi connectivity index (χ4v) is 2.87. The molecule has 0 saturated carbocycles. The van der Waals surface area contributed by atoms with E-state index >= 15 is 0 Å². The number of aliphatic carboxylic acids is 1. The molecule has 1 aromatic carbocycles. The van der Waals surface area contributed by atoms with E-state index < -0.39 is 40.7 Å². The van der Waals surface area contributed by atoms with Crippen molar-refractivity contribution in [2.45, 2.75) is 12.8 Å². The van der Waals surface area contributed by atoms with Crippen molar-refractivity contribution in [3.8, 4) is 5.75 Å². The standard InChI is InChI=1S/C17H20F2N2O5/c1-20(9-13(22)21-7-5-10(6-8-21)17(24)25)16(23)14-11(18)3-4-12(19)15(14)26-2/h3-4,10H,5-9H2,1-2H3,(H,24,25). The Morgan fingerprint density at radius 1 is 1.23 bits per heavy atom. The van der Waals surface area contributed by atoms with Gasteiger partial charge in [-0.25, -0.2) is 8.78 Å². The number of hydrogen-bond donors (Lipinski definition) is 1. The Morgan fingerprint density at radius 2 is 1.81 bits per heavy atom. The summed E-state index contributed by atoms with van der Waals surface area (Å²) in [6, 6.07) is 1.67. The highest BCUT2D eigenvalue weighted by atomic mass is 19.1. The van der Waals surface area contributed by atoms with Gasteiger partial charge in [-0.2, -0.15) is 0 Å². The molecule has 1 N–H and O–H groups in total. The number of nitrogens with zero attached hydrogens (tertiary/aromatic N) is 2. The number of ether oxygens (including phenoxy) is 1. The first kappa shape index (κ1) is 19.6. The Morgan fingerprint density at radius 3 is 2.35 bits per heavy atom. The highest BCUT2D eigenvalue weighted by molar-refractivity contribution is 5.99. The zero-order chi connectivity index (χ0) is 19.4. The van der Waals surface area contributed by atoms with Crippen LogP contribution >= 0.6 is 0 Å². The van der Waals surface area contributed by atoms with Gasteiger partial charge in [0.2, 0.25) is 5.91 Å². The van der Waals surface area contributed by atoms with Crippen molar-refractivity contribution in [3.05, 3.63) is 29.3 Å². The van der Waals surface area contributed by atoms with Crippen molar-refractivity contribution in [1.82, 2.24) is 9.80 Å². The third-order valence-electron chi connectivity index (χ3n) is 4.39. The number of hydrogen-bond acceptors (Lipinski definition) is 4. The molecule has 26 heavy (non-hydrogen) atoms. The van der Waals surface area contributed by atoms with E-state index in [0.29, 0.717) is 12.8 Å². The predicted molar refractivity (Wildman–Crippen MR) is 86.8 cm³/mol. The Kier molecular flexibility index (Phi) is 6.12. The van der Waals surface area contributed by atoms with Crippen LogP contribution in [-0.4, -0.2) is 66.5 Å². The zero-order valence-electron chi connectivity index (χ0n) is 14.5. The highest BCUT2D eigenvalue weighted by Crippen LogP contribution is 2.26. The average molecular weight is 370 g/mol. The van der Waals surface area contributed by atoms with Crippen LogP contribution in [0.15, 0.2) is 12.1 Å². The summed E-state index contributed by atoms with van der Waals surface area (Å²) in [7, 11) is 2.42. The molecule has 0 unspecified atom stereocenters. The first-order valence-corrected chi connectivity index (χ1v) is 8.04. The Bertz CT molecular complexity index is 717. The lowest BCUT2D eigenvalue weighted by Crippen LogP contribution is -2.45. The number of amides is 2. The van der Waals surface area contributed by atoms with Crippen LogP contribution in [0.1, 0.15) is 23.2 Å². The third kappa shape index (κ3) is 4.09. The number of halogens is 2. The Balaban J connectivity index is 2.05. The molecule has 0 radical (unpaired) electrons. The highest BCUT2D eigenvalue weighted by Gasteiger charge is 2.29. The van der Waals surface area contributed by atoms with Crippen LogP contribution in [0, 0.1) is 17.6 Å². The van der Waals surface area contributed by atoms with E-state index in [9.17, 15) is 23.2 Å². The number of piperidine rings is 1. The lowest BCUT2D eigenvalue weighted by Gasteiger charge is -2.31. The van der Waals surface area contributed by atoms with Crippen LogP contribution in [0.25, 0.3) is 0 Å². The number of methoxy groups -OCH3 is 1. The molecular formula is C17H20F2N2O5. The number of benzene rings is 1. The van der Waals surface area contributed by atoms with Crippen LogP contribution in [0.3, 0.4) is 0 Å². The fraction of sp³-hybridized carbons (Fsp3) is 0.471. The van der Waals surface area contributed by atoms with E-state index in [1.54, 1.807) is 0 Å². The molecule has 1 fully saturated rings. The average Bonchev–Trinajstić information content (AvgIpc) is 2.62. The molecule has 0 bridgehead atoms. The van der Waals surface area contributed by atoms with E-state index in [0.717, 1.165) is 24.1 Å². The van der Waals surface area contributed by atoms with E-state index in [1.807, 2.05) is 0 Å². The SMILES string of the molecule is COc1c(F)ccc(F)c1C(=O)N(C)CC(=O)N1CCC(C(=O)O)CC1. The zero-order valence-corrected chi connectivity index (χ0v) is 14.5. The van der Waals surface area contributed by atoms with E-state index in [-0.39, 0.29) is 25.5 Å². The number of carbonyl (C=O) groups is 3. The van der Waals surface area contributed by atoms with Gasteiger partial charge in [-0.05, 0) is 25.0 Å². The second-order valence-corrected chi connectivity index (χ2v) is 6.09. The first-order chi connectivity index (χ1) is 12.3. The summed E-state index contributed by atoms with van der Waals surface area (Å²) in [5, 5.41) is 8.97. The molecule has 7 nitrogen and oxygen atoms in total. The van der Waals surface area contributed by atoms with Gasteiger partial charge < -0.3 is 19.6 Å². The second-order valence-electron chi connectivity index (χ2n) is 6.09. The van der Waals surface area contributed by atoms with Gasteiger partial charge in [0.1, 0.15) is 11.4 Å². The molecule has 1 heterocycles. The lowest BCUT2D eigenvalue weighted by molar-refractivity contribution is -0.145. The van der Waals surface area contributed by atoms with Gasteiger partial charge >= 0.3 is 5.97 Å². The molecule has 0 aromatic heterocycles. The smallest absolute Gasteiger partial charge is 0.306 e. The fourth-order valence-electron chi connectivity index (χ4n) is 2.87. The number of rotatable bonds is 5. The maximum atomic E-state index is 14.0. The summed E-state index contributed by atoms with van der Waals surface area (Å²) in [5.74, 6) is -4.99. The maximum absolute atomic E-state index is 14.0. The molecule has 9 heteroatoms. The number of likely N-dealkylation sites (tertiary alicyclic amines) is 1. The van der Waals surface area contributed by atoms with Gasteiger partial charge in [0.15, 0.2) is 11.6 Å². The molecule has 0 atom stereocenters. The molecule has 1 aliphatic rings. The first-order valence-electron chi connectivity index (χ1n) is 8.04. The van der Waals surface area contributed by atoms with Gasteiger partial charge in [-0.15, -0.1) is 0 Å². The summed E-state index contributed by atoms with van der Waals surface area (Å²) < 4.78 is 32.5. The minimum atomic E-state index is -0.949. The number of likely N-dealkylation sites (N-methyl/N-ethyl adjacent to an activating group) is 1. The lowest BCUT2D eigenvalue weighted by atomic mass is 9.97. The predicted octanol–water partition coefficient (Wildman–Crippen LogP) is 1.37. The van der Waals surface area contributed by atoms with Crippen molar-refractivity contribution in [3.63, 3.8) is 0 Å². The second kappa shape index (κ2) is 8.11. The molecule has 0 aliphatic carbocycles. The van der Waals surface area contributed by atoms with Crippen LogP contribution in [0.5, 0.6) is 5.75 Å². The van der Waals surface area contributed by atoms with Crippen molar-refractivity contribution in [1.29, 1.82) is 0 Å². The molecule has 1 aromatic rings. The van der Waals surface area contributed by atoms with Crippen molar-refractivity contribution in [2.75, 3.05) is 33.8 Å². The normalized spacial score (nSPS) is 14.8. The Hall–Kier alpha value is -2.71. The molecule has 2 amide bonds. The molecule has 1 saturated heterocycles. The minimum absolute atomic E-state index is 0.273. The monoisotopic (exact) mass is 370 g/mol. The largest absolute Gasteiger partial charge is 0.493 e. The number of carbonyl (C=O) groups excluding carboxylic acids is 2. The summed E-state index contributed by atoms with van der Waals surface area (Å²) in [6.45, 7) is 0.209. The van der Waals surface area contributed by atoms with Crippen LogP contribution in [0.2, 0.25) is 0 Å². The van der Waals surface area contributed by atoms with Gasteiger partial charge in [0.05, 0.1) is 19.6 Å². The van der Waals surface area contributed by atoms with Gasteiger partial charge in [-0.3, -0.25) is 14.4 Å². The summed E-state index contributed by atoms with van der Waals surface area (Å²) in [5.41, 5.74) is -0.576. The maximum Gasteiger partial charge on any atom is 0.306 e. The van der Waals surface area contributed by atoms with Gasteiger partial charge in [0.25, 0.3) is 5.91 Å². The van der Waals surface area contributed by atoms with Gasteiger partial charge in [0, 0.05) is 20.1 Å². The summed E-state index contributed by atoms with van der Waals surface area (Å²) in [6.07, 6.45) is 0.677. The summed E-state index contributed by atoms with van der Waals surface area (Å²) in [4.78, 5) is 38.1. The van der Waals surface area contributed by atoms with Crippen molar-refractivity contribution in [2.24, 2.45) is 5.92 Å². The number of carboxylic acids is 1. The van der Waals surface area contributed by atoms with Crippen molar-refractivity contribution >= 4 is 17.8 Å². The molecular weight excluding hydrogens is 350 g/mol. The minimum Gasteiger partial charge on any atom is -0.493 e. The Labute approximate surface area is 149 Å². The molecule has 142 valence electrons. The van der Waals surface area contributed by atoms with Crippen LogP contribution in [0.4, 0.5) is 8.78 Å². The van der Waals surface area contributed by atoms with Crippen LogP contribution < -0.4 is 4.74 Å². The molecule has 2 rings (SSSR count).